The number of nitrogens with zero attached hydrogens (tertiary/aromatic N) is 3. The fourth-order valence-corrected chi connectivity index (χ4v) is 2.76. The first-order chi connectivity index (χ1) is 13.5. The fourth-order valence-electron chi connectivity index (χ4n) is 2.39. The second-order valence-electron chi connectivity index (χ2n) is 5.56. The lowest BCUT2D eigenvalue weighted by atomic mass is 10.1. The summed E-state index contributed by atoms with van der Waals surface area (Å²) in [6.07, 6.45) is -1.40. The van der Waals surface area contributed by atoms with Crippen molar-refractivity contribution in [2.24, 2.45) is 5.10 Å². The first kappa shape index (κ1) is 20.0. The van der Waals surface area contributed by atoms with Crippen LogP contribution in [-0.2, 0) is 6.61 Å². The van der Waals surface area contributed by atoms with E-state index in [-0.39, 0.29) is 11.4 Å². The SMILES string of the molecule is COc1ccc(/C=N/n2c(C(F)F)n[nH]c2=S)cc1COc1cccc(Cl)c1. The number of halogens is 3. The van der Waals surface area contributed by atoms with Crippen LogP contribution in [0.15, 0.2) is 47.6 Å². The molecule has 0 fully saturated rings. The van der Waals surface area contributed by atoms with Gasteiger partial charge in [0.15, 0.2) is 0 Å². The predicted molar refractivity (Wildman–Crippen MR) is 104 cm³/mol. The molecule has 0 aliphatic carbocycles. The summed E-state index contributed by atoms with van der Waals surface area (Å²) in [7, 11) is 1.55. The van der Waals surface area contributed by atoms with E-state index in [2.05, 4.69) is 15.3 Å². The van der Waals surface area contributed by atoms with Crippen molar-refractivity contribution in [3.8, 4) is 11.5 Å². The Bertz CT molecular complexity index is 1050. The van der Waals surface area contributed by atoms with Gasteiger partial charge in [0.25, 0.3) is 6.43 Å². The van der Waals surface area contributed by atoms with Gasteiger partial charge in [-0.25, -0.2) is 13.9 Å². The van der Waals surface area contributed by atoms with Gasteiger partial charge >= 0.3 is 0 Å². The smallest absolute Gasteiger partial charge is 0.299 e. The van der Waals surface area contributed by atoms with Crippen LogP contribution >= 0.6 is 23.8 Å². The van der Waals surface area contributed by atoms with Crippen molar-refractivity contribution in [2.45, 2.75) is 13.0 Å². The zero-order valence-corrected chi connectivity index (χ0v) is 16.2. The molecular weight excluding hydrogens is 410 g/mol. The molecular formula is C18H15ClF2N4O2S. The summed E-state index contributed by atoms with van der Waals surface area (Å²) in [5.74, 6) is 0.673. The average molecular weight is 425 g/mol. The highest BCUT2D eigenvalue weighted by Gasteiger charge is 2.16. The third-order valence-corrected chi connectivity index (χ3v) is 4.19. The molecule has 146 valence electrons. The number of aromatic amines is 1. The summed E-state index contributed by atoms with van der Waals surface area (Å²) in [5.41, 5.74) is 1.39. The number of methoxy groups -OCH3 is 1. The second kappa shape index (κ2) is 8.94. The van der Waals surface area contributed by atoms with E-state index in [1.807, 2.05) is 0 Å². The van der Waals surface area contributed by atoms with Crippen LogP contribution in [0.4, 0.5) is 8.78 Å². The fraction of sp³-hybridized carbons (Fsp3) is 0.167. The minimum Gasteiger partial charge on any atom is -0.496 e. The van der Waals surface area contributed by atoms with Gasteiger partial charge in [-0.3, -0.25) is 0 Å². The first-order valence-corrected chi connectivity index (χ1v) is 8.81. The maximum atomic E-state index is 13.0. The van der Waals surface area contributed by atoms with Crippen LogP contribution in [0.1, 0.15) is 23.4 Å². The number of aromatic nitrogens is 3. The molecule has 0 unspecified atom stereocenters. The molecule has 0 spiro atoms. The Kier molecular flexibility index (Phi) is 6.37. The standard InChI is InChI=1S/C18H15ClF2N4O2S/c1-26-15-6-5-11(9-22-25-17(16(20)21)23-24-18(25)28)7-12(15)10-27-14-4-2-3-13(19)8-14/h2-9,16H,10H2,1H3,(H,24,28)/b22-9+. The molecule has 0 radical (unpaired) electrons. The van der Waals surface area contributed by atoms with Crippen LogP contribution in [-0.4, -0.2) is 28.2 Å². The molecule has 0 aliphatic rings. The van der Waals surface area contributed by atoms with Gasteiger partial charge in [0.2, 0.25) is 10.6 Å². The van der Waals surface area contributed by atoms with Gasteiger partial charge in [-0.2, -0.15) is 14.9 Å². The number of nitrogens with one attached hydrogen (secondary N) is 1. The Morgan fingerprint density at radius 1 is 1.32 bits per heavy atom. The van der Waals surface area contributed by atoms with E-state index in [0.29, 0.717) is 22.1 Å². The molecule has 10 heteroatoms. The molecule has 1 heterocycles. The molecule has 28 heavy (non-hydrogen) atoms. The number of rotatable bonds is 7. The van der Waals surface area contributed by atoms with Gasteiger partial charge in [0.1, 0.15) is 18.1 Å². The maximum Gasteiger partial charge on any atom is 0.299 e. The van der Waals surface area contributed by atoms with Crippen molar-refractivity contribution >= 4 is 30.0 Å². The van der Waals surface area contributed by atoms with Gasteiger partial charge in [-0.15, -0.1) is 0 Å². The first-order valence-electron chi connectivity index (χ1n) is 8.03. The van der Waals surface area contributed by atoms with Crippen molar-refractivity contribution in [1.82, 2.24) is 14.9 Å². The van der Waals surface area contributed by atoms with Crippen LogP contribution in [0.2, 0.25) is 5.02 Å². The Balaban J connectivity index is 1.83. The van der Waals surface area contributed by atoms with Crippen LogP contribution < -0.4 is 9.47 Å². The summed E-state index contributed by atoms with van der Waals surface area (Å²) in [6, 6.07) is 12.3. The second-order valence-corrected chi connectivity index (χ2v) is 6.38. The Labute approximate surface area is 169 Å². The van der Waals surface area contributed by atoms with Crippen LogP contribution in [0.25, 0.3) is 0 Å². The molecule has 0 bridgehead atoms. The molecule has 0 saturated carbocycles. The predicted octanol–water partition coefficient (Wildman–Crippen LogP) is 5.00. The zero-order valence-electron chi connectivity index (χ0n) is 14.6. The molecule has 1 N–H and O–H groups in total. The molecule has 2 aromatic carbocycles. The van der Waals surface area contributed by atoms with E-state index in [9.17, 15) is 8.78 Å². The monoisotopic (exact) mass is 424 g/mol. The van der Waals surface area contributed by atoms with Crippen molar-refractivity contribution in [3.63, 3.8) is 0 Å². The van der Waals surface area contributed by atoms with Crippen molar-refractivity contribution in [2.75, 3.05) is 7.11 Å². The Morgan fingerprint density at radius 2 is 2.14 bits per heavy atom. The molecule has 1 aromatic heterocycles. The molecule has 0 saturated heterocycles. The van der Waals surface area contributed by atoms with Gasteiger partial charge in [-0.1, -0.05) is 17.7 Å². The molecule has 3 rings (SSSR count). The van der Waals surface area contributed by atoms with Gasteiger partial charge in [0.05, 0.1) is 13.3 Å². The highest BCUT2D eigenvalue weighted by atomic mass is 35.5. The normalized spacial score (nSPS) is 11.3. The van der Waals surface area contributed by atoms with Crippen LogP contribution in [0.5, 0.6) is 11.5 Å². The lowest BCUT2D eigenvalue weighted by Crippen LogP contribution is -2.01. The molecule has 0 amide bonds. The summed E-state index contributed by atoms with van der Waals surface area (Å²) in [5, 5.41) is 10.3. The minimum absolute atomic E-state index is 0.0235. The van der Waals surface area contributed by atoms with Crippen LogP contribution in [0.3, 0.4) is 0 Å². The lowest BCUT2D eigenvalue weighted by Gasteiger charge is -2.11. The number of H-pyrrole nitrogens is 1. The molecule has 3 aromatic rings. The number of hydrogen-bond donors (Lipinski definition) is 1. The largest absolute Gasteiger partial charge is 0.496 e. The average Bonchev–Trinajstić information content (AvgIpc) is 3.05. The Morgan fingerprint density at radius 3 is 2.86 bits per heavy atom. The zero-order chi connectivity index (χ0) is 20.1. The topological polar surface area (TPSA) is 64.4 Å². The highest BCUT2D eigenvalue weighted by Crippen LogP contribution is 2.23. The molecule has 6 nitrogen and oxygen atoms in total. The third-order valence-electron chi connectivity index (χ3n) is 3.69. The minimum atomic E-state index is -2.80. The summed E-state index contributed by atoms with van der Waals surface area (Å²) in [4.78, 5) is 0. The maximum absolute atomic E-state index is 13.0. The number of alkyl halides is 2. The number of ether oxygens (including phenoxy) is 2. The third kappa shape index (κ3) is 4.73. The van der Waals surface area contributed by atoms with E-state index in [0.717, 1.165) is 10.2 Å². The molecule has 0 atom stereocenters. The highest BCUT2D eigenvalue weighted by molar-refractivity contribution is 7.71. The van der Waals surface area contributed by atoms with Crippen LogP contribution in [0, 0.1) is 4.77 Å². The van der Waals surface area contributed by atoms with E-state index >= 15 is 0 Å². The summed E-state index contributed by atoms with van der Waals surface area (Å²) >= 11 is 10.9. The van der Waals surface area contributed by atoms with Crippen molar-refractivity contribution < 1.29 is 18.3 Å². The summed E-state index contributed by atoms with van der Waals surface area (Å²) in [6.45, 7) is 0.221. The Hall–Kier alpha value is -2.78. The van der Waals surface area contributed by atoms with Crippen molar-refractivity contribution in [1.29, 1.82) is 0 Å². The van der Waals surface area contributed by atoms with Gasteiger partial charge in [0, 0.05) is 10.6 Å². The van der Waals surface area contributed by atoms with E-state index in [4.69, 9.17) is 33.3 Å². The summed E-state index contributed by atoms with van der Waals surface area (Å²) < 4.78 is 37.9. The number of benzene rings is 2. The van der Waals surface area contributed by atoms with E-state index in [1.54, 1.807) is 49.6 Å². The van der Waals surface area contributed by atoms with E-state index in [1.165, 1.54) is 6.21 Å². The van der Waals surface area contributed by atoms with Gasteiger partial charge < -0.3 is 9.47 Å². The van der Waals surface area contributed by atoms with Crippen molar-refractivity contribution in [3.05, 3.63) is 69.2 Å². The molecule has 0 aliphatic heterocycles. The lowest BCUT2D eigenvalue weighted by molar-refractivity contribution is 0.136. The van der Waals surface area contributed by atoms with E-state index < -0.39 is 12.2 Å². The van der Waals surface area contributed by atoms with Gasteiger partial charge in [-0.05, 0) is 54.2 Å². The number of hydrogen-bond acceptors (Lipinski definition) is 5. The quantitative estimate of drug-likeness (QED) is 0.428.